The van der Waals surface area contributed by atoms with E-state index in [0.29, 0.717) is 56.4 Å². The van der Waals surface area contributed by atoms with E-state index in [0.717, 1.165) is 24.3 Å². The van der Waals surface area contributed by atoms with Crippen LogP contribution < -0.4 is 18.9 Å². The van der Waals surface area contributed by atoms with Gasteiger partial charge in [0.2, 0.25) is 46.4 Å². The van der Waals surface area contributed by atoms with E-state index < -0.39 is 138 Å². The lowest BCUT2D eigenvalue weighted by atomic mass is 10.0. The van der Waals surface area contributed by atoms with Crippen LogP contribution in [0.5, 0.6) is 46.0 Å². The highest BCUT2D eigenvalue weighted by atomic mass is 19.2. The van der Waals surface area contributed by atoms with Crippen LogP contribution in [0.25, 0.3) is 44.5 Å². The largest absolute Gasteiger partial charge is 0.457 e. The van der Waals surface area contributed by atoms with E-state index in [-0.39, 0.29) is 17.3 Å². The van der Waals surface area contributed by atoms with Gasteiger partial charge in [-0.05, 0) is 119 Å². The molecule has 0 aliphatic heterocycles. The number of carbonyl (C=O) groups excluding carboxylic acids is 1. The number of carbonyl (C=O) groups is 1. The number of rotatable bonds is 14. The van der Waals surface area contributed by atoms with Gasteiger partial charge in [0.1, 0.15) is 34.5 Å². The molecule has 10 aromatic carbocycles. The van der Waals surface area contributed by atoms with Gasteiger partial charge >= 0.3 is 0 Å². The Hall–Kier alpha value is -10.2. The molecule has 0 saturated carbocycles. The summed E-state index contributed by atoms with van der Waals surface area (Å²) in [5.74, 6) is -49.1. The summed E-state index contributed by atoms with van der Waals surface area (Å²) in [5, 5.41) is 0. The number of halogens is 18. The number of ether oxygens (including phenoxy) is 4. The molecule has 0 unspecified atom stereocenters. The fourth-order valence-electron chi connectivity index (χ4n) is 8.38. The van der Waals surface area contributed by atoms with Crippen molar-refractivity contribution in [1.29, 1.82) is 0 Å². The predicted molar refractivity (Wildman–Crippen MR) is 263 cm³/mol. The smallest absolute Gasteiger partial charge is 0.205 e. The highest BCUT2D eigenvalue weighted by Crippen LogP contribution is 2.44. The van der Waals surface area contributed by atoms with E-state index in [4.69, 9.17) is 18.9 Å². The van der Waals surface area contributed by atoms with Crippen LogP contribution in [-0.2, 0) is 0 Å². The number of hydrogen-bond acceptors (Lipinski definition) is 5. The monoisotopic (exact) mass is 1180 g/mol. The van der Waals surface area contributed by atoms with E-state index in [2.05, 4.69) is 0 Å². The van der Waals surface area contributed by atoms with Crippen molar-refractivity contribution in [2.75, 3.05) is 0 Å². The van der Waals surface area contributed by atoms with Gasteiger partial charge in [0, 0.05) is 11.1 Å². The van der Waals surface area contributed by atoms with Crippen molar-refractivity contribution in [2.45, 2.75) is 0 Å². The van der Waals surface area contributed by atoms with E-state index >= 15 is 17.6 Å². The van der Waals surface area contributed by atoms with Gasteiger partial charge in [-0.15, -0.1) is 0 Å². The molecule has 424 valence electrons. The minimum Gasteiger partial charge on any atom is -0.457 e. The normalized spacial score (nSPS) is 11.3. The molecule has 0 aliphatic rings. The van der Waals surface area contributed by atoms with Gasteiger partial charge in [0.05, 0.1) is 22.3 Å². The molecule has 0 spiro atoms. The molecule has 84 heavy (non-hydrogen) atoms. The Morgan fingerprint density at radius 2 is 0.369 bits per heavy atom. The Bertz CT molecular complexity index is 3870. The summed E-state index contributed by atoms with van der Waals surface area (Å²) in [4.78, 5) is 13.4. The summed E-state index contributed by atoms with van der Waals surface area (Å²) in [6, 6.07) is 35.4. The molecule has 10 aromatic rings. The average Bonchev–Trinajstić information content (AvgIpc) is 3.16. The molecule has 0 bridgehead atoms. The first-order valence-corrected chi connectivity index (χ1v) is 23.7. The van der Waals surface area contributed by atoms with Crippen molar-refractivity contribution in [3.63, 3.8) is 0 Å². The molecule has 0 heterocycles. The summed E-state index contributed by atoms with van der Waals surface area (Å²) in [7, 11) is 0. The SMILES string of the molecule is O=C(c1ccc(Oc2ccc(-c3ccc(Oc4c(F)c(F)c(-c5c(F)c(F)c(F)c(F)c5F)c(F)c4F)cc3)cc2)cc1)c1ccc(Oc2ccc(-c3ccc(Oc4c(F)c(F)c(-c5c(F)c(F)c(F)c(F)c5F)c(F)c4F)cc3)cc2)cc1. The van der Waals surface area contributed by atoms with Crippen LogP contribution in [-0.4, -0.2) is 5.78 Å². The van der Waals surface area contributed by atoms with Crippen LogP contribution in [0.1, 0.15) is 15.9 Å². The minimum atomic E-state index is -2.69. The second-order valence-corrected chi connectivity index (χ2v) is 17.7. The van der Waals surface area contributed by atoms with Crippen molar-refractivity contribution in [1.82, 2.24) is 0 Å². The molecule has 0 fully saturated rings. The van der Waals surface area contributed by atoms with Crippen molar-refractivity contribution in [3.8, 4) is 90.5 Å². The zero-order valence-electron chi connectivity index (χ0n) is 41.2. The summed E-state index contributed by atoms with van der Waals surface area (Å²) in [5.41, 5.74) is -6.09. The maximum absolute atomic E-state index is 15.0. The van der Waals surface area contributed by atoms with Crippen LogP contribution >= 0.6 is 0 Å². The van der Waals surface area contributed by atoms with E-state index in [1.165, 1.54) is 48.5 Å². The van der Waals surface area contributed by atoms with Gasteiger partial charge in [0.15, 0.2) is 75.6 Å². The number of hydrogen-bond donors (Lipinski definition) is 0. The van der Waals surface area contributed by atoms with Crippen LogP contribution in [0.2, 0.25) is 0 Å². The third-order valence-electron chi connectivity index (χ3n) is 12.6. The van der Waals surface area contributed by atoms with Crippen molar-refractivity contribution in [2.24, 2.45) is 0 Å². The van der Waals surface area contributed by atoms with Crippen LogP contribution in [0.15, 0.2) is 146 Å². The Balaban J connectivity index is 0.725. The van der Waals surface area contributed by atoms with Crippen LogP contribution in [0, 0.1) is 105 Å². The lowest BCUT2D eigenvalue weighted by Crippen LogP contribution is -2.09. The maximum Gasteiger partial charge on any atom is 0.205 e. The van der Waals surface area contributed by atoms with E-state index in [9.17, 15) is 66.3 Å². The number of benzene rings is 10. The van der Waals surface area contributed by atoms with Crippen LogP contribution in [0.4, 0.5) is 79.0 Å². The van der Waals surface area contributed by atoms with Gasteiger partial charge in [-0.2, -0.15) is 17.6 Å². The van der Waals surface area contributed by atoms with Gasteiger partial charge in [-0.25, -0.2) is 61.5 Å². The summed E-state index contributed by atoms with van der Waals surface area (Å²) >= 11 is 0. The highest BCUT2D eigenvalue weighted by molar-refractivity contribution is 6.09. The first-order chi connectivity index (χ1) is 40.0. The summed E-state index contributed by atoms with van der Waals surface area (Å²) in [6.07, 6.45) is 0. The second kappa shape index (κ2) is 22.6. The third-order valence-corrected chi connectivity index (χ3v) is 12.6. The van der Waals surface area contributed by atoms with Crippen molar-refractivity contribution in [3.05, 3.63) is 261 Å². The summed E-state index contributed by atoms with van der Waals surface area (Å²) < 4.78 is 281. The quantitative estimate of drug-likeness (QED) is 0.0470. The molecular weight excluding hydrogens is 1150 g/mol. The first-order valence-electron chi connectivity index (χ1n) is 23.7. The molecule has 0 aromatic heterocycles. The summed E-state index contributed by atoms with van der Waals surface area (Å²) in [6.45, 7) is 0. The van der Waals surface area contributed by atoms with E-state index in [1.54, 1.807) is 72.8 Å². The fourth-order valence-corrected chi connectivity index (χ4v) is 8.38. The Morgan fingerprint density at radius 1 is 0.202 bits per heavy atom. The van der Waals surface area contributed by atoms with Gasteiger partial charge < -0.3 is 18.9 Å². The molecule has 0 atom stereocenters. The molecule has 23 heteroatoms. The molecule has 0 amide bonds. The highest BCUT2D eigenvalue weighted by Gasteiger charge is 2.37. The van der Waals surface area contributed by atoms with Gasteiger partial charge in [0.25, 0.3) is 0 Å². The van der Waals surface area contributed by atoms with Crippen molar-refractivity contribution < 1.29 is 103 Å². The zero-order valence-corrected chi connectivity index (χ0v) is 41.2. The number of ketones is 1. The van der Waals surface area contributed by atoms with Gasteiger partial charge in [-0.3, -0.25) is 4.79 Å². The van der Waals surface area contributed by atoms with Crippen LogP contribution in [0.3, 0.4) is 0 Å². The molecule has 10 rings (SSSR count). The minimum absolute atomic E-state index is 0.309. The average molecular weight is 1180 g/mol. The molecule has 0 saturated heterocycles. The standard InChI is InChI=1S/C61H24F18O5/c62-41-37(42(63)50(71)53(74)49(41)70)39-45(66)55(76)60(56(77)46(39)67)83-35-17-5-27(6-18-35)25-1-13-31(14-2-25)81-33-21-9-29(10-22-33)59(80)30-11-23-34(24-12-30)82-32-15-3-26(4-16-32)28-7-19-36(20-8-28)84-61-57(78)47(68)40(48(69)58(61)79)38-43(64)51(72)54(75)52(73)44(38)65/h1-24H. The third kappa shape index (κ3) is 10.4. The maximum atomic E-state index is 15.0. The molecule has 0 N–H and O–H groups in total. The topological polar surface area (TPSA) is 54.0 Å². The van der Waals surface area contributed by atoms with Gasteiger partial charge in [-0.1, -0.05) is 48.5 Å². The lowest BCUT2D eigenvalue weighted by molar-refractivity contribution is 0.103. The molecular formula is C61H24F18O5. The molecule has 5 nitrogen and oxygen atoms in total. The van der Waals surface area contributed by atoms with E-state index in [1.807, 2.05) is 0 Å². The predicted octanol–water partition coefficient (Wildman–Crippen LogP) is 19.3. The molecule has 0 aliphatic carbocycles. The lowest BCUT2D eigenvalue weighted by Gasteiger charge is -2.15. The first kappa shape index (κ1) is 57.1. The molecule has 0 radical (unpaired) electrons. The fraction of sp³-hybridized carbons (Fsp3) is 0. The zero-order chi connectivity index (χ0) is 60.2. The second-order valence-electron chi connectivity index (χ2n) is 17.7. The Kier molecular flexibility index (Phi) is 15.4. The van der Waals surface area contributed by atoms with Crippen molar-refractivity contribution >= 4 is 5.78 Å². The Labute approximate surface area is 459 Å². The Morgan fingerprint density at radius 3 is 0.583 bits per heavy atom.